The highest BCUT2D eigenvalue weighted by molar-refractivity contribution is 6.42. The van der Waals surface area contributed by atoms with Crippen molar-refractivity contribution in [3.8, 4) is 0 Å². The molecular weight excluding hydrogens is 401 g/mol. The topological polar surface area (TPSA) is 78.5 Å². The Kier molecular flexibility index (Phi) is 5.37. The molecule has 6 nitrogen and oxygen atoms in total. The van der Waals surface area contributed by atoms with Gasteiger partial charge >= 0.3 is 6.03 Å². The zero-order valence-electron chi connectivity index (χ0n) is 15.6. The second-order valence-corrected chi connectivity index (χ2v) is 7.76. The molecule has 28 heavy (non-hydrogen) atoms. The molecule has 0 saturated carbocycles. The van der Waals surface area contributed by atoms with Crippen LogP contribution in [0, 0.1) is 13.8 Å². The van der Waals surface area contributed by atoms with Crippen molar-refractivity contribution in [1.29, 1.82) is 0 Å². The number of carbonyl (C=O) groups excluding carboxylic acids is 3. The summed E-state index contributed by atoms with van der Waals surface area (Å²) in [5, 5.41) is 6.00. The zero-order chi connectivity index (χ0) is 20.6. The Hall–Kier alpha value is -2.57. The van der Waals surface area contributed by atoms with Gasteiger partial charge in [0.25, 0.3) is 5.91 Å². The van der Waals surface area contributed by atoms with Crippen molar-refractivity contribution in [3.05, 3.63) is 63.1 Å². The Morgan fingerprint density at radius 3 is 2.50 bits per heavy atom. The lowest BCUT2D eigenvalue weighted by Crippen LogP contribution is -2.42. The molecule has 1 aliphatic rings. The first-order valence-corrected chi connectivity index (χ1v) is 9.34. The van der Waals surface area contributed by atoms with Crippen LogP contribution in [-0.4, -0.2) is 29.3 Å². The van der Waals surface area contributed by atoms with Gasteiger partial charge in [0.15, 0.2) is 0 Å². The lowest BCUT2D eigenvalue weighted by molar-refractivity contribution is -0.133. The van der Waals surface area contributed by atoms with Gasteiger partial charge in [-0.15, -0.1) is 0 Å². The van der Waals surface area contributed by atoms with Crippen LogP contribution in [0.15, 0.2) is 36.4 Å². The standard InChI is InChI=1S/C20H19Cl2N3O3/c1-11-4-5-12(2)16(8-11)23-17(26)10-25-18(27)20(3,24-19(25)28)13-6-7-14(21)15(22)9-13/h4-9H,10H2,1-3H3,(H,23,26)(H,24,28). The molecule has 2 N–H and O–H groups in total. The van der Waals surface area contributed by atoms with Gasteiger partial charge in [0.1, 0.15) is 12.1 Å². The van der Waals surface area contributed by atoms with Crippen molar-refractivity contribution in [2.45, 2.75) is 26.3 Å². The maximum absolute atomic E-state index is 12.9. The second kappa shape index (κ2) is 7.45. The van der Waals surface area contributed by atoms with Gasteiger partial charge in [0.05, 0.1) is 10.0 Å². The predicted octanol–water partition coefficient (Wildman–Crippen LogP) is 4.02. The molecule has 1 saturated heterocycles. The van der Waals surface area contributed by atoms with E-state index in [0.717, 1.165) is 16.0 Å². The summed E-state index contributed by atoms with van der Waals surface area (Å²) in [5.41, 5.74) is 1.67. The van der Waals surface area contributed by atoms with Crippen molar-refractivity contribution in [1.82, 2.24) is 10.2 Å². The molecule has 0 spiro atoms. The first kappa shape index (κ1) is 20.2. The fourth-order valence-corrected chi connectivity index (χ4v) is 3.35. The fraction of sp³-hybridized carbons (Fsp3) is 0.250. The summed E-state index contributed by atoms with van der Waals surface area (Å²) in [6.07, 6.45) is 0. The quantitative estimate of drug-likeness (QED) is 0.734. The predicted molar refractivity (Wildman–Crippen MR) is 109 cm³/mol. The summed E-state index contributed by atoms with van der Waals surface area (Å²) >= 11 is 12.0. The van der Waals surface area contributed by atoms with E-state index in [4.69, 9.17) is 23.2 Å². The molecule has 0 radical (unpaired) electrons. The molecule has 3 rings (SSSR count). The monoisotopic (exact) mass is 419 g/mol. The molecule has 2 aromatic carbocycles. The van der Waals surface area contributed by atoms with Crippen molar-refractivity contribution in [2.75, 3.05) is 11.9 Å². The molecule has 0 bridgehead atoms. The summed E-state index contributed by atoms with van der Waals surface area (Å²) in [5.74, 6) is -0.998. The van der Waals surface area contributed by atoms with Gasteiger partial charge in [0.2, 0.25) is 5.91 Å². The number of aryl methyl sites for hydroxylation is 2. The van der Waals surface area contributed by atoms with Crippen LogP contribution in [0.5, 0.6) is 0 Å². The van der Waals surface area contributed by atoms with E-state index in [9.17, 15) is 14.4 Å². The number of nitrogens with one attached hydrogen (secondary N) is 2. The van der Waals surface area contributed by atoms with Crippen LogP contribution in [0.25, 0.3) is 0 Å². The van der Waals surface area contributed by atoms with E-state index in [1.54, 1.807) is 19.1 Å². The third-order valence-corrected chi connectivity index (χ3v) is 5.48. The highest BCUT2D eigenvalue weighted by Gasteiger charge is 2.49. The molecule has 4 amide bonds. The van der Waals surface area contributed by atoms with Crippen LogP contribution in [0.4, 0.5) is 10.5 Å². The van der Waals surface area contributed by atoms with Crippen LogP contribution in [0.3, 0.4) is 0 Å². The van der Waals surface area contributed by atoms with Gasteiger partial charge in [-0.1, -0.05) is 41.4 Å². The van der Waals surface area contributed by atoms with Gasteiger partial charge < -0.3 is 10.6 Å². The molecule has 1 fully saturated rings. The molecule has 1 aliphatic heterocycles. The van der Waals surface area contributed by atoms with Gasteiger partial charge in [0, 0.05) is 5.69 Å². The summed E-state index contributed by atoms with van der Waals surface area (Å²) in [6, 6.07) is 9.71. The average Bonchev–Trinajstić information content (AvgIpc) is 2.84. The maximum atomic E-state index is 12.9. The molecule has 0 aromatic heterocycles. The second-order valence-electron chi connectivity index (χ2n) is 6.94. The third kappa shape index (κ3) is 3.70. The Morgan fingerprint density at radius 2 is 1.82 bits per heavy atom. The minimum absolute atomic E-state index is 0.272. The van der Waals surface area contributed by atoms with Crippen LogP contribution in [0.2, 0.25) is 10.0 Å². The van der Waals surface area contributed by atoms with Crippen LogP contribution >= 0.6 is 23.2 Å². The van der Waals surface area contributed by atoms with E-state index in [1.807, 2.05) is 32.0 Å². The highest BCUT2D eigenvalue weighted by Crippen LogP contribution is 2.33. The Balaban J connectivity index is 1.79. The first-order chi connectivity index (χ1) is 13.1. The lowest BCUT2D eigenvalue weighted by Gasteiger charge is -2.22. The van der Waals surface area contributed by atoms with E-state index in [1.165, 1.54) is 6.07 Å². The zero-order valence-corrected chi connectivity index (χ0v) is 17.1. The number of anilines is 1. The Labute approximate surface area is 172 Å². The van der Waals surface area contributed by atoms with Crippen molar-refractivity contribution < 1.29 is 14.4 Å². The molecule has 146 valence electrons. The number of carbonyl (C=O) groups is 3. The smallest absolute Gasteiger partial charge is 0.324 e. The van der Waals surface area contributed by atoms with Gasteiger partial charge in [-0.3, -0.25) is 14.5 Å². The van der Waals surface area contributed by atoms with E-state index >= 15 is 0 Å². The summed E-state index contributed by atoms with van der Waals surface area (Å²) < 4.78 is 0. The Morgan fingerprint density at radius 1 is 1.11 bits per heavy atom. The number of urea groups is 1. The number of hydrogen-bond acceptors (Lipinski definition) is 3. The molecule has 0 aliphatic carbocycles. The number of rotatable bonds is 4. The number of nitrogens with zero attached hydrogens (tertiary/aromatic N) is 1. The van der Waals surface area contributed by atoms with Crippen molar-refractivity contribution in [3.63, 3.8) is 0 Å². The SMILES string of the molecule is Cc1ccc(C)c(NC(=O)CN2C(=O)NC(C)(c3ccc(Cl)c(Cl)c3)C2=O)c1. The highest BCUT2D eigenvalue weighted by atomic mass is 35.5. The van der Waals surface area contributed by atoms with Crippen molar-refractivity contribution in [2.24, 2.45) is 0 Å². The lowest BCUT2D eigenvalue weighted by atomic mass is 9.92. The number of imide groups is 1. The number of halogens is 2. The Bertz CT molecular complexity index is 993. The maximum Gasteiger partial charge on any atom is 0.325 e. The van der Waals surface area contributed by atoms with E-state index < -0.39 is 29.9 Å². The molecular formula is C20H19Cl2N3O3. The average molecular weight is 420 g/mol. The molecule has 1 heterocycles. The minimum atomic E-state index is -1.33. The van der Waals surface area contributed by atoms with E-state index in [-0.39, 0.29) is 5.02 Å². The number of benzene rings is 2. The van der Waals surface area contributed by atoms with Gasteiger partial charge in [-0.05, 0) is 55.7 Å². The van der Waals surface area contributed by atoms with Crippen molar-refractivity contribution >= 4 is 46.7 Å². The number of hydrogen-bond donors (Lipinski definition) is 2. The van der Waals surface area contributed by atoms with Gasteiger partial charge in [-0.2, -0.15) is 0 Å². The minimum Gasteiger partial charge on any atom is -0.324 e. The van der Waals surface area contributed by atoms with E-state index in [0.29, 0.717) is 16.3 Å². The van der Waals surface area contributed by atoms with Crippen LogP contribution in [0.1, 0.15) is 23.6 Å². The molecule has 1 atom stereocenters. The number of amides is 4. The molecule has 8 heteroatoms. The first-order valence-electron chi connectivity index (χ1n) is 8.58. The molecule has 1 unspecified atom stereocenters. The van der Waals surface area contributed by atoms with Gasteiger partial charge in [-0.25, -0.2) is 4.79 Å². The normalized spacial score (nSPS) is 19.0. The van der Waals surface area contributed by atoms with Crippen LogP contribution < -0.4 is 10.6 Å². The van der Waals surface area contributed by atoms with E-state index in [2.05, 4.69) is 10.6 Å². The third-order valence-electron chi connectivity index (χ3n) is 4.74. The largest absolute Gasteiger partial charge is 0.325 e. The summed E-state index contributed by atoms with van der Waals surface area (Å²) in [4.78, 5) is 38.7. The summed E-state index contributed by atoms with van der Waals surface area (Å²) in [7, 11) is 0. The summed E-state index contributed by atoms with van der Waals surface area (Å²) in [6.45, 7) is 4.95. The molecule has 2 aromatic rings. The van der Waals surface area contributed by atoms with Crippen LogP contribution in [-0.2, 0) is 15.1 Å². The fourth-order valence-electron chi connectivity index (χ4n) is 3.05.